The predicted octanol–water partition coefficient (Wildman–Crippen LogP) is 2.41. The number of hydrogen-bond acceptors (Lipinski definition) is 6. The van der Waals surface area contributed by atoms with E-state index in [9.17, 15) is 9.59 Å². The third-order valence-corrected chi connectivity index (χ3v) is 5.19. The number of hydrogen-bond donors (Lipinski definition) is 1. The Kier molecular flexibility index (Phi) is 7.46. The fourth-order valence-electron chi connectivity index (χ4n) is 3.58. The standard InChI is InChI=1S/C18H28ClNO6/c1-11(2)6-8-24-12(3)15-16(23-4)13(5-7-18(15)10-25-18)26-17(22)20-14(21)9-19/h6,12-13,15-16H,5,7-10H2,1-4H3,(H,20,21,22)/t12-,13+,15-,16+,18-/m0/s1. The van der Waals surface area contributed by atoms with Gasteiger partial charge in [-0.05, 0) is 33.6 Å². The van der Waals surface area contributed by atoms with Gasteiger partial charge < -0.3 is 18.9 Å². The number of methoxy groups -OCH3 is 1. The maximum Gasteiger partial charge on any atom is 0.414 e. The monoisotopic (exact) mass is 389 g/mol. The van der Waals surface area contributed by atoms with Crippen molar-refractivity contribution in [1.29, 1.82) is 0 Å². The number of allylic oxidation sites excluding steroid dienone is 1. The second-order valence-electron chi connectivity index (χ2n) is 7.06. The molecule has 26 heavy (non-hydrogen) atoms. The lowest BCUT2D eigenvalue weighted by atomic mass is 9.73. The van der Waals surface area contributed by atoms with Gasteiger partial charge in [0.1, 0.15) is 18.1 Å². The Morgan fingerprint density at radius 2 is 2.12 bits per heavy atom. The van der Waals surface area contributed by atoms with Crippen LogP contribution in [0, 0.1) is 5.92 Å². The normalized spacial score (nSPS) is 31.2. The maximum atomic E-state index is 11.9. The van der Waals surface area contributed by atoms with Crippen LogP contribution in [0.5, 0.6) is 0 Å². The highest BCUT2D eigenvalue weighted by molar-refractivity contribution is 6.28. The van der Waals surface area contributed by atoms with Crippen LogP contribution >= 0.6 is 11.6 Å². The molecule has 1 aliphatic heterocycles. The van der Waals surface area contributed by atoms with Gasteiger partial charge in [-0.1, -0.05) is 11.6 Å². The van der Waals surface area contributed by atoms with Crippen molar-refractivity contribution in [3.8, 4) is 0 Å². The Labute approximate surface area is 159 Å². The van der Waals surface area contributed by atoms with Gasteiger partial charge in [0.15, 0.2) is 0 Å². The zero-order valence-corrected chi connectivity index (χ0v) is 16.5. The molecule has 0 aromatic heterocycles. The first-order chi connectivity index (χ1) is 12.3. The highest BCUT2D eigenvalue weighted by Crippen LogP contribution is 2.49. The summed E-state index contributed by atoms with van der Waals surface area (Å²) >= 11 is 5.39. The van der Waals surface area contributed by atoms with Gasteiger partial charge in [0.05, 0.1) is 24.9 Å². The minimum atomic E-state index is -0.813. The van der Waals surface area contributed by atoms with Crippen LogP contribution in [0.3, 0.4) is 0 Å². The summed E-state index contributed by atoms with van der Waals surface area (Å²) in [6.45, 7) is 7.17. The summed E-state index contributed by atoms with van der Waals surface area (Å²) in [5.74, 6) is -0.978. The molecule has 1 aliphatic carbocycles. The summed E-state index contributed by atoms with van der Waals surface area (Å²) in [5.41, 5.74) is 0.899. The molecule has 0 aromatic carbocycles. The van der Waals surface area contributed by atoms with Crippen molar-refractivity contribution in [3.63, 3.8) is 0 Å². The average Bonchev–Trinajstić information content (AvgIpc) is 3.35. The van der Waals surface area contributed by atoms with Crippen LogP contribution in [-0.2, 0) is 23.7 Å². The van der Waals surface area contributed by atoms with Gasteiger partial charge in [0.25, 0.3) is 0 Å². The summed E-state index contributed by atoms with van der Waals surface area (Å²) in [6.07, 6.45) is 1.53. The predicted molar refractivity (Wildman–Crippen MR) is 96.2 cm³/mol. The second kappa shape index (κ2) is 9.17. The van der Waals surface area contributed by atoms with Crippen molar-refractivity contribution >= 4 is 23.6 Å². The Morgan fingerprint density at radius 3 is 2.65 bits per heavy atom. The minimum absolute atomic E-state index is 0.0756. The van der Waals surface area contributed by atoms with Crippen molar-refractivity contribution in [2.75, 3.05) is 26.2 Å². The molecule has 1 saturated heterocycles. The van der Waals surface area contributed by atoms with Crippen LogP contribution in [0.25, 0.3) is 0 Å². The highest BCUT2D eigenvalue weighted by atomic mass is 35.5. The van der Waals surface area contributed by atoms with Crippen LogP contribution in [0.1, 0.15) is 33.6 Å². The summed E-state index contributed by atoms with van der Waals surface area (Å²) in [5, 5.41) is 2.09. The van der Waals surface area contributed by atoms with E-state index in [2.05, 4.69) is 5.32 Å². The Morgan fingerprint density at radius 1 is 1.42 bits per heavy atom. The number of halogens is 1. The van der Waals surface area contributed by atoms with Gasteiger partial charge in [0.2, 0.25) is 5.91 Å². The molecule has 1 saturated carbocycles. The Balaban J connectivity index is 2.05. The third kappa shape index (κ3) is 5.19. The number of nitrogens with one attached hydrogen (secondary N) is 1. The second-order valence-corrected chi connectivity index (χ2v) is 7.33. The molecule has 2 aliphatic rings. The number of carbonyl (C=O) groups is 2. The molecule has 0 radical (unpaired) electrons. The molecule has 8 heteroatoms. The van der Waals surface area contributed by atoms with Crippen LogP contribution in [0.4, 0.5) is 4.79 Å². The number of alkyl carbamates (subject to hydrolysis) is 1. The number of carbonyl (C=O) groups excluding carboxylic acids is 2. The summed E-state index contributed by atoms with van der Waals surface area (Å²) in [4.78, 5) is 23.2. The number of rotatable bonds is 7. The van der Waals surface area contributed by atoms with Crippen molar-refractivity contribution in [3.05, 3.63) is 11.6 Å². The van der Waals surface area contributed by atoms with Gasteiger partial charge in [0, 0.05) is 13.0 Å². The van der Waals surface area contributed by atoms with Crippen molar-refractivity contribution in [2.24, 2.45) is 5.92 Å². The van der Waals surface area contributed by atoms with Crippen LogP contribution < -0.4 is 5.32 Å². The molecule has 2 fully saturated rings. The smallest absolute Gasteiger partial charge is 0.414 e. The van der Waals surface area contributed by atoms with E-state index in [4.69, 9.17) is 30.5 Å². The van der Waals surface area contributed by atoms with Crippen molar-refractivity contribution < 1.29 is 28.5 Å². The highest BCUT2D eigenvalue weighted by Gasteiger charge is 2.61. The first-order valence-electron chi connectivity index (χ1n) is 8.81. The third-order valence-electron chi connectivity index (χ3n) is 4.94. The number of imide groups is 1. The lowest BCUT2D eigenvalue weighted by Gasteiger charge is -2.42. The Bertz CT molecular complexity index is 544. The molecule has 7 nitrogen and oxygen atoms in total. The van der Waals surface area contributed by atoms with E-state index in [0.717, 1.165) is 6.42 Å². The summed E-state index contributed by atoms with van der Waals surface area (Å²) in [6, 6.07) is 0. The molecule has 1 N–H and O–H groups in total. The van der Waals surface area contributed by atoms with Gasteiger partial charge in [-0.2, -0.15) is 0 Å². The van der Waals surface area contributed by atoms with Gasteiger partial charge in [-0.15, -0.1) is 11.6 Å². The first-order valence-corrected chi connectivity index (χ1v) is 9.34. The molecule has 1 heterocycles. The Hall–Kier alpha value is -1.15. The zero-order chi connectivity index (χ0) is 19.3. The van der Waals surface area contributed by atoms with Crippen molar-refractivity contribution in [1.82, 2.24) is 5.32 Å². The van der Waals surface area contributed by atoms with Crippen LogP contribution in [0.2, 0.25) is 0 Å². The topological polar surface area (TPSA) is 86.4 Å². The van der Waals surface area contributed by atoms with E-state index in [1.807, 2.05) is 26.8 Å². The minimum Gasteiger partial charge on any atom is -0.443 e. The molecule has 5 atom stereocenters. The van der Waals surface area contributed by atoms with E-state index >= 15 is 0 Å². The van der Waals surface area contributed by atoms with Gasteiger partial charge >= 0.3 is 6.09 Å². The lowest BCUT2D eigenvalue weighted by Crippen LogP contribution is -2.55. The molecular weight excluding hydrogens is 362 g/mol. The molecule has 2 rings (SSSR count). The van der Waals surface area contributed by atoms with Gasteiger partial charge in [-0.3, -0.25) is 10.1 Å². The molecule has 1 spiro atoms. The molecule has 0 unspecified atom stereocenters. The lowest BCUT2D eigenvalue weighted by molar-refractivity contribution is -0.139. The van der Waals surface area contributed by atoms with Crippen LogP contribution in [0.15, 0.2) is 11.6 Å². The van der Waals surface area contributed by atoms with Crippen molar-refractivity contribution in [2.45, 2.75) is 57.5 Å². The quantitative estimate of drug-likeness (QED) is 0.409. The molecule has 148 valence electrons. The fraction of sp³-hybridized carbons (Fsp3) is 0.778. The average molecular weight is 390 g/mol. The maximum absolute atomic E-state index is 11.9. The fourth-order valence-corrected chi connectivity index (χ4v) is 3.65. The van der Waals surface area contributed by atoms with Gasteiger partial charge in [-0.25, -0.2) is 4.79 Å². The van der Waals surface area contributed by atoms with E-state index in [1.54, 1.807) is 7.11 Å². The van der Waals surface area contributed by atoms with Crippen LogP contribution in [-0.4, -0.2) is 62.1 Å². The number of ether oxygens (including phenoxy) is 4. The van der Waals surface area contributed by atoms with E-state index in [1.165, 1.54) is 5.57 Å². The van der Waals surface area contributed by atoms with E-state index in [-0.39, 0.29) is 29.6 Å². The molecule has 2 amide bonds. The molecule has 0 aromatic rings. The molecular formula is C18H28ClNO6. The number of epoxide rings is 1. The summed E-state index contributed by atoms with van der Waals surface area (Å²) in [7, 11) is 1.58. The SMILES string of the molecule is CO[C@H]1[C@H]([C@H](C)OCC=C(C)C)[C@]2(CC[C@H]1OC(=O)NC(=O)CCl)CO2. The number of amides is 2. The zero-order valence-electron chi connectivity index (χ0n) is 15.7. The van der Waals surface area contributed by atoms with E-state index in [0.29, 0.717) is 19.6 Å². The largest absolute Gasteiger partial charge is 0.443 e. The van der Waals surface area contributed by atoms with E-state index < -0.39 is 18.1 Å². The number of alkyl halides is 1. The molecule has 0 bridgehead atoms. The first kappa shape index (κ1) is 21.2. The summed E-state index contributed by atoms with van der Waals surface area (Å²) < 4.78 is 22.8.